The molecule has 17 heavy (non-hydrogen) atoms. The number of hydrogen-bond donors (Lipinski definition) is 0. The minimum Gasteiger partial charge on any atom is -0.338 e. The van der Waals surface area contributed by atoms with Crippen LogP contribution in [0.4, 0.5) is 0 Å². The molecule has 0 spiro atoms. The average molecular weight is 317 g/mol. The summed E-state index contributed by atoms with van der Waals surface area (Å²) in [5.74, 6) is 0.738. The fourth-order valence-corrected chi connectivity index (χ4v) is 3.05. The van der Waals surface area contributed by atoms with Gasteiger partial charge in [-0.25, -0.2) is 0 Å². The standard InChI is InChI=1S/C13H15BrClNO/c14-6-4-10-5-7-16(9-10)13(17)11-2-1-3-12(15)8-11/h1-3,8,10H,4-7,9H2. The summed E-state index contributed by atoms with van der Waals surface area (Å²) < 4.78 is 0. The van der Waals surface area contributed by atoms with Gasteiger partial charge in [-0.2, -0.15) is 0 Å². The third-order valence-electron chi connectivity index (χ3n) is 3.16. The molecule has 0 aliphatic carbocycles. The van der Waals surface area contributed by atoms with Gasteiger partial charge in [0, 0.05) is 29.0 Å². The largest absolute Gasteiger partial charge is 0.338 e. The van der Waals surface area contributed by atoms with E-state index in [1.165, 1.54) is 0 Å². The molecule has 2 rings (SSSR count). The summed E-state index contributed by atoms with van der Waals surface area (Å²) >= 11 is 9.35. The van der Waals surface area contributed by atoms with E-state index in [1.54, 1.807) is 12.1 Å². The number of rotatable bonds is 3. The van der Waals surface area contributed by atoms with Gasteiger partial charge in [0.25, 0.3) is 5.91 Å². The van der Waals surface area contributed by atoms with E-state index >= 15 is 0 Å². The molecule has 0 aromatic heterocycles. The predicted molar refractivity (Wildman–Crippen MR) is 73.9 cm³/mol. The minimum absolute atomic E-state index is 0.101. The first-order valence-corrected chi connectivity index (χ1v) is 7.31. The van der Waals surface area contributed by atoms with Crippen molar-refractivity contribution in [3.63, 3.8) is 0 Å². The molecule has 1 heterocycles. The Morgan fingerprint density at radius 2 is 2.35 bits per heavy atom. The zero-order chi connectivity index (χ0) is 12.3. The van der Waals surface area contributed by atoms with E-state index in [2.05, 4.69) is 15.9 Å². The second kappa shape index (κ2) is 5.87. The predicted octanol–water partition coefficient (Wildman–Crippen LogP) is 3.59. The van der Waals surface area contributed by atoms with Crippen LogP contribution in [0.5, 0.6) is 0 Å². The number of nitrogens with zero attached hydrogens (tertiary/aromatic N) is 1. The second-order valence-electron chi connectivity index (χ2n) is 4.39. The van der Waals surface area contributed by atoms with Crippen molar-refractivity contribution < 1.29 is 4.79 Å². The van der Waals surface area contributed by atoms with E-state index in [0.29, 0.717) is 16.5 Å². The molecule has 1 fully saturated rings. The van der Waals surface area contributed by atoms with Gasteiger partial charge in [-0.15, -0.1) is 0 Å². The van der Waals surface area contributed by atoms with E-state index in [-0.39, 0.29) is 5.91 Å². The fourth-order valence-electron chi connectivity index (χ4n) is 2.21. The highest BCUT2D eigenvalue weighted by molar-refractivity contribution is 9.09. The first-order chi connectivity index (χ1) is 8.20. The number of halogens is 2. The zero-order valence-electron chi connectivity index (χ0n) is 9.53. The second-order valence-corrected chi connectivity index (χ2v) is 5.62. The summed E-state index contributed by atoms with van der Waals surface area (Å²) in [6.45, 7) is 1.74. The van der Waals surface area contributed by atoms with Gasteiger partial charge < -0.3 is 4.90 Å². The minimum atomic E-state index is 0.101. The Kier molecular flexibility index (Phi) is 4.46. The Hall–Kier alpha value is -0.540. The Morgan fingerprint density at radius 1 is 1.53 bits per heavy atom. The SMILES string of the molecule is O=C(c1cccc(Cl)c1)N1CCC(CCBr)C1. The van der Waals surface area contributed by atoms with Crippen LogP contribution in [-0.4, -0.2) is 29.2 Å². The van der Waals surface area contributed by atoms with Gasteiger partial charge in [-0.1, -0.05) is 33.6 Å². The molecule has 4 heteroatoms. The zero-order valence-corrected chi connectivity index (χ0v) is 11.9. The van der Waals surface area contributed by atoms with Crippen molar-refractivity contribution in [2.24, 2.45) is 5.92 Å². The van der Waals surface area contributed by atoms with Gasteiger partial charge in [-0.05, 0) is 37.0 Å². The molecule has 0 radical (unpaired) electrons. The number of amides is 1. The van der Waals surface area contributed by atoms with Gasteiger partial charge >= 0.3 is 0 Å². The van der Waals surface area contributed by atoms with Crippen molar-refractivity contribution in [3.8, 4) is 0 Å². The fraction of sp³-hybridized carbons (Fsp3) is 0.462. The van der Waals surface area contributed by atoms with Gasteiger partial charge in [0.15, 0.2) is 0 Å². The average Bonchev–Trinajstić information content (AvgIpc) is 2.77. The molecule has 1 aliphatic rings. The highest BCUT2D eigenvalue weighted by Gasteiger charge is 2.26. The Bertz CT molecular complexity index is 410. The summed E-state index contributed by atoms with van der Waals surface area (Å²) in [4.78, 5) is 14.1. The Labute approximate surface area is 115 Å². The third kappa shape index (κ3) is 3.23. The molecular weight excluding hydrogens is 302 g/mol. The Morgan fingerprint density at radius 3 is 3.06 bits per heavy atom. The lowest BCUT2D eigenvalue weighted by Crippen LogP contribution is -2.28. The van der Waals surface area contributed by atoms with Crippen LogP contribution >= 0.6 is 27.5 Å². The summed E-state index contributed by atoms with van der Waals surface area (Å²) in [5.41, 5.74) is 0.692. The topological polar surface area (TPSA) is 20.3 Å². The van der Waals surface area contributed by atoms with Crippen LogP contribution in [0.2, 0.25) is 5.02 Å². The van der Waals surface area contributed by atoms with E-state index in [4.69, 9.17) is 11.6 Å². The Balaban J connectivity index is 2.02. The van der Waals surface area contributed by atoms with Crippen LogP contribution < -0.4 is 0 Å². The molecule has 1 unspecified atom stereocenters. The van der Waals surface area contributed by atoms with Crippen molar-refractivity contribution in [2.75, 3.05) is 18.4 Å². The van der Waals surface area contributed by atoms with Gasteiger partial charge in [0.1, 0.15) is 0 Å². The van der Waals surface area contributed by atoms with Crippen LogP contribution in [0.3, 0.4) is 0 Å². The molecule has 0 bridgehead atoms. The number of carbonyl (C=O) groups is 1. The molecule has 0 saturated carbocycles. The number of carbonyl (C=O) groups excluding carboxylic acids is 1. The van der Waals surface area contributed by atoms with E-state index < -0.39 is 0 Å². The lowest BCUT2D eigenvalue weighted by molar-refractivity contribution is 0.0787. The molecule has 2 nitrogen and oxygen atoms in total. The van der Waals surface area contributed by atoms with Crippen LogP contribution in [0.25, 0.3) is 0 Å². The molecular formula is C13H15BrClNO. The van der Waals surface area contributed by atoms with E-state index in [1.807, 2.05) is 17.0 Å². The van der Waals surface area contributed by atoms with Crippen LogP contribution in [0, 0.1) is 5.92 Å². The van der Waals surface area contributed by atoms with Crippen LogP contribution in [0.1, 0.15) is 23.2 Å². The third-order valence-corrected chi connectivity index (χ3v) is 3.85. The van der Waals surface area contributed by atoms with E-state index in [0.717, 1.165) is 31.3 Å². The monoisotopic (exact) mass is 315 g/mol. The first-order valence-electron chi connectivity index (χ1n) is 5.81. The highest BCUT2D eigenvalue weighted by atomic mass is 79.9. The van der Waals surface area contributed by atoms with Gasteiger partial charge in [-0.3, -0.25) is 4.79 Å². The van der Waals surface area contributed by atoms with Crippen molar-refractivity contribution in [3.05, 3.63) is 34.9 Å². The van der Waals surface area contributed by atoms with Crippen molar-refractivity contribution in [1.29, 1.82) is 0 Å². The van der Waals surface area contributed by atoms with Crippen molar-refractivity contribution in [2.45, 2.75) is 12.8 Å². The van der Waals surface area contributed by atoms with Gasteiger partial charge in [0.2, 0.25) is 0 Å². The van der Waals surface area contributed by atoms with Crippen molar-refractivity contribution >= 4 is 33.4 Å². The quantitative estimate of drug-likeness (QED) is 0.780. The maximum absolute atomic E-state index is 12.2. The summed E-state index contributed by atoms with van der Waals surface area (Å²) in [7, 11) is 0. The molecule has 1 saturated heterocycles. The number of hydrogen-bond acceptors (Lipinski definition) is 1. The lowest BCUT2D eigenvalue weighted by Gasteiger charge is -2.16. The maximum atomic E-state index is 12.2. The lowest BCUT2D eigenvalue weighted by atomic mass is 10.1. The van der Waals surface area contributed by atoms with Crippen LogP contribution in [0.15, 0.2) is 24.3 Å². The molecule has 1 aliphatic heterocycles. The van der Waals surface area contributed by atoms with Crippen LogP contribution in [-0.2, 0) is 0 Å². The maximum Gasteiger partial charge on any atom is 0.253 e. The molecule has 1 aromatic rings. The molecule has 0 N–H and O–H groups in total. The van der Waals surface area contributed by atoms with E-state index in [9.17, 15) is 4.79 Å². The summed E-state index contributed by atoms with van der Waals surface area (Å²) in [6.07, 6.45) is 2.25. The smallest absolute Gasteiger partial charge is 0.253 e. The van der Waals surface area contributed by atoms with Gasteiger partial charge in [0.05, 0.1) is 0 Å². The normalized spacial score (nSPS) is 19.6. The molecule has 1 amide bonds. The number of alkyl halides is 1. The number of benzene rings is 1. The molecule has 92 valence electrons. The highest BCUT2D eigenvalue weighted by Crippen LogP contribution is 2.22. The van der Waals surface area contributed by atoms with Crippen molar-refractivity contribution in [1.82, 2.24) is 4.90 Å². The molecule has 1 aromatic carbocycles. The number of likely N-dealkylation sites (tertiary alicyclic amines) is 1. The molecule has 1 atom stereocenters. The summed E-state index contributed by atoms with van der Waals surface area (Å²) in [5, 5.41) is 1.63. The summed E-state index contributed by atoms with van der Waals surface area (Å²) in [6, 6.07) is 7.17. The first kappa shape index (κ1) is 12.9.